The van der Waals surface area contributed by atoms with E-state index in [2.05, 4.69) is 78.9 Å². The maximum absolute atomic E-state index is 6.48. The van der Waals surface area contributed by atoms with Gasteiger partial charge in [-0.25, -0.2) is 9.97 Å². The van der Waals surface area contributed by atoms with Crippen LogP contribution in [0.25, 0.3) is 94.6 Å². The van der Waals surface area contributed by atoms with E-state index in [0.29, 0.717) is 17.5 Å². The van der Waals surface area contributed by atoms with Gasteiger partial charge in [0, 0.05) is 27.5 Å². The van der Waals surface area contributed by atoms with E-state index in [4.69, 9.17) is 24.5 Å². The van der Waals surface area contributed by atoms with Crippen LogP contribution < -0.4 is 0 Å². The fourth-order valence-corrected chi connectivity index (χ4v) is 6.81. The Kier molecular flexibility index (Phi) is 5.77. The molecule has 6 heteroatoms. The van der Waals surface area contributed by atoms with Crippen LogP contribution in [0.4, 0.5) is 0 Å². The van der Waals surface area contributed by atoms with Crippen LogP contribution >= 0.6 is 0 Å². The van der Waals surface area contributed by atoms with Crippen molar-refractivity contribution in [2.24, 2.45) is 0 Å². The van der Waals surface area contributed by atoms with Crippen LogP contribution in [0.2, 0.25) is 0 Å². The number of fused-ring (bicyclic) bond motifs is 8. The SMILES string of the molecule is c1ccc(-c2nc3ccc4ccc5ccc(-c6ccccc6-c6nc7nc(-c8ccccc8)c8ccccc8n7n6)cc5c4c3o2)cc1. The van der Waals surface area contributed by atoms with Crippen molar-refractivity contribution < 1.29 is 4.42 Å². The summed E-state index contributed by atoms with van der Waals surface area (Å²) in [5.74, 6) is 1.80. The lowest BCUT2D eigenvalue weighted by Crippen LogP contribution is -1.97. The summed E-state index contributed by atoms with van der Waals surface area (Å²) in [5.41, 5.74) is 8.50. The lowest BCUT2D eigenvalue weighted by molar-refractivity contribution is 0.623. The van der Waals surface area contributed by atoms with E-state index in [1.54, 1.807) is 0 Å². The molecule has 0 spiro atoms. The summed E-state index contributed by atoms with van der Waals surface area (Å²) in [7, 11) is 0. The maximum Gasteiger partial charge on any atom is 0.253 e. The van der Waals surface area contributed by atoms with Gasteiger partial charge in [-0.15, -0.1) is 5.10 Å². The molecule has 0 atom stereocenters. The molecule has 0 radical (unpaired) electrons. The fourth-order valence-electron chi connectivity index (χ4n) is 6.81. The summed E-state index contributed by atoms with van der Waals surface area (Å²) in [6.07, 6.45) is 0. The number of benzene rings is 7. The van der Waals surface area contributed by atoms with Crippen molar-refractivity contribution in [2.45, 2.75) is 0 Å². The van der Waals surface area contributed by atoms with Gasteiger partial charge in [0.2, 0.25) is 5.89 Å². The standard InChI is InChI=1S/C42H25N5O/c1-3-11-28(12-4-1)38-33-17-9-10-18-36(33)47-42(44-38)45-40(46-47)32-16-8-7-15-31(32)30-22-20-26-19-21-27-23-24-35-39(37(27)34(26)25-30)48-41(43-35)29-13-5-2-6-14-29/h1-25H. The van der Waals surface area contributed by atoms with E-state index >= 15 is 0 Å². The highest BCUT2D eigenvalue weighted by Crippen LogP contribution is 2.38. The smallest absolute Gasteiger partial charge is 0.253 e. The van der Waals surface area contributed by atoms with Gasteiger partial charge < -0.3 is 4.42 Å². The second-order valence-electron chi connectivity index (χ2n) is 11.9. The molecule has 0 saturated carbocycles. The first-order valence-corrected chi connectivity index (χ1v) is 15.9. The lowest BCUT2D eigenvalue weighted by Gasteiger charge is -2.10. The first kappa shape index (κ1) is 26.5. The number of rotatable bonds is 4. The monoisotopic (exact) mass is 615 g/mol. The zero-order chi connectivity index (χ0) is 31.6. The van der Waals surface area contributed by atoms with E-state index < -0.39 is 0 Å². The van der Waals surface area contributed by atoms with Gasteiger partial charge in [0.15, 0.2) is 11.4 Å². The summed E-state index contributed by atoms with van der Waals surface area (Å²) in [4.78, 5) is 14.9. The number of nitrogens with zero attached hydrogens (tertiary/aromatic N) is 5. The number of hydrogen-bond acceptors (Lipinski definition) is 5. The Bertz CT molecular complexity index is 2840. The molecule has 0 fully saturated rings. The first-order chi connectivity index (χ1) is 23.8. The molecule has 0 unspecified atom stereocenters. The molecule has 48 heavy (non-hydrogen) atoms. The fraction of sp³-hybridized carbons (Fsp3) is 0. The maximum atomic E-state index is 6.48. The van der Waals surface area contributed by atoms with Gasteiger partial charge in [-0.3, -0.25) is 0 Å². The molecule has 0 aliphatic rings. The minimum atomic E-state index is 0.559. The molecule has 3 aromatic heterocycles. The molecule has 6 nitrogen and oxygen atoms in total. The van der Waals surface area contributed by atoms with Crippen molar-refractivity contribution in [3.8, 4) is 45.2 Å². The van der Waals surface area contributed by atoms with Gasteiger partial charge in [-0.2, -0.15) is 9.50 Å². The third kappa shape index (κ3) is 4.13. The Hall–Kier alpha value is -6.66. The van der Waals surface area contributed by atoms with Crippen LogP contribution in [0.3, 0.4) is 0 Å². The van der Waals surface area contributed by atoms with Crippen molar-refractivity contribution in [1.29, 1.82) is 0 Å². The molecular formula is C42H25N5O. The molecular weight excluding hydrogens is 590 g/mol. The van der Waals surface area contributed by atoms with Crippen LogP contribution in [0.1, 0.15) is 0 Å². The van der Waals surface area contributed by atoms with Crippen molar-refractivity contribution in [3.05, 3.63) is 152 Å². The summed E-state index contributed by atoms with van der Waals surface area (Å²) >= 11 is 0. The number of oxazole rings is 1. The Balaban J connectivity index is 1.16. The zero-order valence-electron chi connectivity index (χ0n) is 25.6. The molecule has 0 amide bonds. The van der Waals surface area contributed by atoms with Crippen molar-refractivity contribution in [3.63, 3.8) is 0 Å². The molecule has 0 aliphatic carbocycles. The van der Waals surface area contributed by atoms with Gasteiger partial charge >= 0.3 is 0 Å². The van der Waals surface area contributed by atoms with Gasteiger partial charge in [0.1, 0.15) is 5.52 Å². The van der Waals surface area contributed by atoms with Gasteiger partial charge in [0.25, 0.3) is 5.78 Å². The molecule has 0 bridgehead atoms. The third-order valence-corrected chi connectivity index (χ3v) is 9.09. The Labute approximate surface area is 274 Å². The average Bonchev–Trinajstić information content (AvgIpc) is 3.80. The quantitative estimate of drug-likeness (QED) is 0.184. The largest absolute Gasteiger partial charge is 0.435 e. The highest BCUT2D eigenvalue weighted by molar-refractivity contribution is 6.18. The summed E-state index contributed by atoms with van der Waals surface area (Å²) < 4.78 is 8.34. The summed E-state index contributed by atoms with van der Waals surface area (Å²) in [5, 5.41) is 10.4. The lowest BCUT2D eigenvalue weighted by atomic mass is 9.94. The van der Waals surface area contributed by atoms with Crippen molar-refractivity contribution in [1.82, 2.24) is 24.6 Å². The van der Waals surface area contributed by atoms with Crippen molar-refractivity contribution >= 4 is 49.3 Å². The van der Waals surface area contributed by atoms with Crippen LogP contribution in [0.15, 0.2) is 156 Å². The van der Waals surface area contributed by atoms with Crippen LogP contribution in [0, 0.1) is 0 Å². The zero-order valence-corrected chi connectivity index (χ0v) is 25.6. The predicted molar refractivity (Wildman–Crippen MR) is 193 cm³/mol. The van der Waals surface area contributed by atoms with E-state index in [9.17, 15) is 0 Å². The van der Waals surface area contributed by atoms with E-state index in [1.165, 1.54) is 0 Å². The van der Waals surface area contributed by atoms with Gasteiger partial charge in [-0.1, -0.05) is 121 Å². The highest BCUT2D eigenvalue weighted by Gasteiger charge is 2.18. The second kappa shape index (κ2) is 10.4. The summed E-state index contributed by atoms with van der Waals surface area (Å²) in [6, 6.07) is 51.9. The summed E-state index contributed by atoms with van der Waals surface area (Å²) in [6.45, 7) is 0. The van der Waals surface area contributed by atoms with Crippen LogP contribution in [0.5, 0.6) is 0 Å². The van der Waals surface area contributed by atoms with Crippen molar-refractivity contribution in [2.75, 3.05) is 0 Å². The number of hydrogen-bond donors (Lipinski definition) is 0. The van der Waals surface area contributed by atoms with Crippen LogP contribution in [-0.2, 0) is 0 Å². The van der Waals surface area contributed by atoms with Gasteiger partial charge in [0.05, 0.1) is 11.2 Å². The Morgan fingerprint density at radius 3 is 2.04 bits per heavy atom. The molecule has 3 heterocycles. The minimum Gasteiger partial charge on any atom is -0.435 e. The van der Waals surface area contributed by atoms with Crippen LogP contribution in [-0.4, -0.2) is 24.6 Å². The predicted octanol–water partition coefficient (Wildman–Crippen LogP) is 10.4. The second-order valence-corrected chi connectivity index (χ2v) is 11.9. The third-order valence-electron chi connectivity index (χ3n) is 9.09. The molecule has 224 valence electrons. The number of para-hydroxylation sites is 1. The highest BCUT2D eigenvalue weighted by atomic mass is 16.3. The first-order valence-electron chi connectivity index (χ1n) is 15.9. The minimum absolute atomic E-state index is 0.559. The molecule has 10 rings (SSSR count). The van der Waals surface area contributed by atoms with E-state index in [0.717, 1.165) is 77.1 Å². The molecule has 0 aliphatic heterocycles. The molecule has 0 N–H and O–H groups in total. The average molecular weight is 616 g/mol. The molecule has 7 aromatic carbocycles. The topological polar surface area (TPSA) is 69.1 Å². The molecule has 0 saturated heterocycles. The van der Waals surface area contributed by atoms with E-state index in [1.807, 2.05) is 77.3 Å². The van der Waals surface area contributed by atoms with E-state index in [-0.39, 0.29) is 0 Å². The normalized spacial score (nSPS) is 11.8. The van der Waals surface area contributed by atoms with Gasteiger partial charge in [-0.05, 0) is 57.6 Å². The Morgan fingerprint density at radius 2 is 1.19 bits per heavy atom. The molecule has 10 aromatic rings. The number of aromatic nitrogens is 5. The Morgan fingerprint density at radius 1 is 0.500 bits per heavy atom.